The zero-order valence-electron chi connectivity index (χ0n) is 17.5. The van der Waals surface area contributed by atoms with Gasteiger partial charge in [0, 0.05) is 25.2 Å². The van der Waals surface area contributed by atoms with Crippen molar-refractivity contribution in [3.8, 4) is 5.75 Å². The number of halogens is 2. The third-order valence-electron chi connectivity index (χ3n) is 4.56. The molecule has 162 valence electrons. The van der Waals surface area contributed by atoms with E-state index in [2.05, 4.69) is 15.2 Å². The fourth-order valence-corrected chi connectivity index (χ4v) is 3.51. The Hall–Kier alpha value is -2.54. The van der Waals surface area contributed by atoms with E-state index in [9.17, 15) is 9.18 Å². The van der Waals surface area contributed by atoms with Crippen molar-refractivity contribution >= 4 is 23.5 Å². The predicted molar refractivity (Wildman–Crippen MR) is 115 cm³/mol. The molecule has 1 aliphatic rings. The van der Waals surface area contributed by atoms with E-state index in [1.54, 1.807) is 24.4 Å². The van der Waals surface area contributed by atoms with Gasteiger partial charge in [-0.25, -0.2) is 14.2 Å². The highest BCUT2D eigenvalue weighted by molar-refractivity contribution is 6.33. The Morgan fingerprint density at radius 3 is 2.73 bits per heavy atom. The number of hydrogen-bond acceptors (Lipinski definition) is 5. The number of nitrogens with one attached hydrogen (secondary N) is 1. The third-order valence-corrected chi connectivity index (χ3v) is 4.84. The smallest absolute Gasteiger partial charge is 0.407 e. The lowest BCUT2D eigenvalue weighted by Crippen LogP contribution is -2.49. The summed E-state index contributed by atoms with van der Waals surface area (Å²) >= 11 is 6.46. The molecule has 1 saturated heterocycles. The zero-order chi connectivity index (χ0) is 21.7. The molecule has 1 N–H and O–H groups in total. The first-order valence-corrected chi connectivity index (χ1v) is 10.3. The minimum Gasteiger partial charge on any atom is -0.487 e. The van der Waals surface area contributed by atoms with Crippen LogP contribution in [0.5, 0.6) is 5.75 Å². The van der Waals surface area contributed by atoms with Crippen LogP contribution in [0.25, 0.3) is 0 Å². The molecule has 1 atom stereocenters. The summed E-state index contributed by atoms with van der Waals surface area (Å²) < 4.78 is 24.0. The van der Waals surface area contributed by atoms with E-state index in [0.717, 1.165) is 24.9 Å². The van der Waals surface area contributed by atoms with Gasteiger partial charge < -0.3 is 19.7 Å². The van der Waals surface area contributed by atoms with Gasteiger partial charge in [0.1, 0.15) is 29.6 Å². The van der Waals surface area contributed by atoms with Crippen LogP contribution in [0.1, 0.15) is 39.2 Å². The zero-order valence-corrected chi connectivity index (χ0v) is 18.2. The van der Waals surface area contributed by atoms with Gasteiger partial charge in [0.15, 0.2) is 0 Å². The largest absolute Gasteiger partial charge is 0.487 e. The minimum atomic E-state index is -0.535. The van der Waals surface area contributed by atoms with Gasteiger partial charge in [-0.1, -0.05) is 23.7 Å². The molecule has 0 radical (unpaired) electrons. The molecule has 6 nitrogen and oxygen atoms in total. The molecule has 2 heterocycles. The van der Waals surface area contributed by atoms with Crippen LogP contribution in [-0.4, -0.2) is 35.8 Å². The highest BCUT2D eigenvalue weighted by atomic mass is 35.5. The SMILES string of the molecule is CC(C)(C)OC(=O)N[C@@H]1CCCN(c2ncc(OCc3ccc(F)cc3)cc2Cl)C1. The molecule has 2 aromatic rings. The standard InChI is InChI=1S/C22H27ClFN3O3/c1-22(2,3)30-21(28)26-17-5-4-10-27(13-17)20-19(23)11-18(12-25-20)29-14-15-6-8-16(24)9-7-15/h6-9,11-12,17H,4-5,10,13-14H2,1-3H3,(H,26,28)/t17-/m1/s1. The second kappa shape index (κ2) is 9.51. The van der Waals surface area contributed by atoms with Crippen LogP contribution in [-0.2, 0) is 11.3 Å². The first-order valence-electron chi connectivity index (χ1n) is 9.97. The number of aromatic nitrogens is 1. The summed E-state index contributed by atoms with van der Waals surface area (Å²) in [6, 6.07) is 7.81. The topological polar surface area (TPSA) is 63.7 Å². The average molecular weight is 436 g/mol. The fourth-order valence-electron chi connectivity index (χ4n) is 3.23. The van der Waals surface area contributed by atoms with Gasteiger partial charge in [-0.15, -0.1) is 0 Å². The highest BCUT2D eigenvalue weighted by Crippen LogP contribution is 2.29. The molecular weight excluding hydrogens is 409 g/mol. The first kappa shape index (κ1) is 22.2. The number of alkyl carbamates (subject to hydrolysis) is 1. The highest BCUT2D eigenvalue weighted by Gasteiger charge is 2.26. The molecule has 0 spiro atoms. The summed E-state index contributed by atoms with van der Waals surface area (Å²) in [5.74, 6) is 0.906. The molecule has 0 saturated carbocycles. The lowest BCUT2D eigenvalue weighted by molar-refractivity contribution is 0.0500. The van der Waals surface area contributed by atoms with Gasteiger partial charge in [0.2, 0.25) is 0 Å². The second-order valence-corrected chi connectivity index (χ2v) is 8.73. The van der Waals surface area contributed by atoms with Gasteiger partial charge >= 0.3 is 6.09 Å². The molecule has 0 aliphatic carbocycles. The maximum absolute atomic E-state index is 13.0. The van der Waals surface area contributed by atoms with E-state index in [1.165, 1.54) is 12.1 Å². The Balaban J connectivity index is 1.58. The van der Waals surface area contributed by atoms with Crippen molar-refractivity contribution in [3.05, 3.63) is 52.9 Å². The fraction of sp³-hybridized carbons (Fsp3) is 0.455. The Labute approximate surface area is 181 Å². The van der Waals surface area contributed by atoms with Crippen LogP contribution in [0.3, 0.4) is 0 Å². The lowest BCUT2D eigenvalue weighted by atomic mass is 10.1. The maximum Gasteiger partial charge on any atom is 0.407 e. The number of hydrogen-bond donors (Lipinski definition) is 1. The molecular formula is C22H27ClFN3O3. The summed E-state index contributed by atoms with van der Waals surface area (Å²) in [7, 11) is 0. The summed E-state index contributed by atoms with van der Waals surface area (Å²) in [5.41, 5.74) is 0.316. The van der Waals surface area contributed by atoms with Gasteiger partial charge in [0.25, 0.3) is 0 Å². The predicted octanol–water partition coefficient (Wildman–Crippen LogP) is 4.95. The van der Waals surface area contributed by atoms with Crippen LogP contribution < -0.4 is 15.0 Å². The number of carbonyl (C=O) groups is 1. The molecule has 1 aromatic carbocycles. The van der Waals surface area contributed by atoms with Gasteiger partial charge in [-0.05, 0) is 51.3 Å². The minimum absolute atomic E-state index is 0.0409. The van der Waals surface area contributed by atoms with E-state index in [-0.39, 0.29) is 11.9 Å². The van der Waals surface area contributed by atoms with Crippen LogP contribution in [0, 0.1) is 5.82 Å². The number of nitrogens with zero attached hydrogens (tertiary/aromatic N) is 2. The summed E-state index contributed by atoms with van der Waals surface area (Å²) in [6.45, 7) is 7.20. The van der Waals surface area contributed by atoms with E-state index in [0.29, 0.717) is 29.7 Å². The van der Waals surface area contributed by atoms with Crippen molar-refractivity contribution in [2.45, 2.75) is 51.9 Å². The van der Waals surface area contributed by atoms with Crippen molar-refractivity contribution in [3.63, 3.8) is 0 Å². The van der Waals surface area contributed by atoms with Crippen molar-refractivity contribution < 1.29 is 18.7 Å². The Kier molecular flexibility index (Phi) is 7.02. The van der Waals surface area contributed by atoms with Gasteiger partial charge in [-0.2, -0.15) is 0 Å². The van der Waals surface area contributed by atoms with Crippen molar-refractivity contribution in [1.82, 2.24) is 10.3 Å². The number of rotatable bonds is 5. The molecule has 1 aliphatic heterocycles. The maximum atomic E-state index is 13.0. The number of piperidine rings is 1. The molecule has 0 bridgehead atoms. The summed E-state index contributed by atoms with van der Waals surface area (Å²) in [5, 5.41) is 3.40. The summed E-state index contributed by atoms with van der Waals surface area (Å²) in [6.07, 6.45) is 2.97. The number of carbonyl (C=O) groups excluding carboxylic acids is 1. The lowest BCUT2D eigenvalue weighted by Gasteiger charge is -2.34. The van der Waals surface area contributed by atoms with Crippen LogP contribution in [0.2, 0.25) is 5.02 Å². The van der Waals surface area contributed by atoms with Crippen molar-refractivity contribution in [1.29, 1.82) is 0 Å². The normalized spacial score (nSPS) is 16.8. The number of ether oxygens (including phenoxy) is 2. The monoisotopic (exact) mass is 435 g/mol. The Morgan fingerprint density at radius 2 is 2.07 bits per heavy atom. The van der Waals surface area contributed by atoms with Gasteiger partial charge in [-0.3, -0.25) is 0 Å². The Morgan fingerprint density at radius 1 is 1.33 bits per heavy atom. The molecule has 0 unspecified atom stereocenters. The van der Waals surface area contributed by atoms with E-state index in [1.807, 2.05) is 20.8 Å². The third kappa shape index (κ3) is 6.49. The number of amides is 1. The number of anilines is 1. The first-order chi connectivity index (χ1) is 14.2. The van der Waals surface area contributed by atoms with Crippen molar-refractivity contribution in [2.75, 3.05) is 18.0 Å². The van der Waals surface area contributed by atoms with Crippen LogP contribution >= 0.6 is 11.6 Å². The van der Waals surface area contributed by atoms with Crippen LogP contribution in [0.15, 0.2) is 36.5 Å². The number of pyridine rings is 1. The number of benzene rings is 1. The molecule has 1 aromatic heterocycles. The van der Waals surface area contributed by atoms with Crippen LogP contribution in [0.4, 0.5) is 15.0 Å². The Bertz CT molecular complexity index is 871. The van der Waals surface area contributed by atoms with E-state index >= 15 is 0 Å². The van der Waals surface area contributed by atoms with Crippen molar-refractivity contribution in [2.24, 2.45) is 0 Å². The summed E-state index contributed by atoms with van der Waals surface area (Å²) in [4.78, 5) is 18.6. The van der Waals surface area contributed by atoms with E-state index < -0.39 is 11.7 Å². The molecule has 8 heteroatoms. The molecule has 1 amide bonds. The molecule has 30 heavy (non-hydrogen) atoms. The second-order valence-electron chi connectivity index (χ2n) is 8.32. The van der Waals surface area contributed by atoms with E-state index in [4.69, 9.17) is 21.1 Å². The molecule has 3 rings (SSSR count). The molecule has 1 fully saturated rings. The quantitative estimate of drug-likeness (QED) is 0.720. The van der Waals surface area contributed by atoms with Gasteiger partial charge in [0.05, 0.1) is 11.2 Å². The average Bonchev–Trinajstić information content (AvgIpc) is 2.66.